The van der Waals surface area contributed by atoms with Gasteiger partial charge in [0.05, 0.1) is 5.56 Å². The zero-order valence-corrected chi connectivity index (χ0v) is 10.2. The monoisotopic (exact) mass is 260 g/mol. The van der Waals surface area contributed by atoms with Crippen LogP contribution in [0.15, 0.2) is 54.6 Å². The average Bonchev–Trinajstić information content (AvgIpc) is 2.46. The fraction of sp³-hybridized carbons (Fsp3) is 0.133. The Balaban J connectivity index is 1.76. The summed E-state index contributed by atoms with van der Waals surface area (Å²) in [6.45, 7) is 0.182. The van der Waals surface area contributed by atoms with E-state index in [4.69, 9.17) is 9.47 Å². The second-order valence-electron chi connectivity index (χ2n) is 3.78. The number of halogens is 1. The van der Waals surface area contributed by atoms with E-state index < -0.39 is 11.8 Å². The molecule has 0 bridgehead atoms. The summed E-state index contributed by atoms with van der Waals surface area (Å²) in [5, 5.41) is 0. The van der Waals surface area contributed by atoms with E-state index in [1.165, 1.54) is 12.1 Å². The van der Waals surface area contributed by atoms with E-state index in [-0.39, 0.29) is 19.0 Å². The Morgan fingerprint density at radius 3 is 2.37 bits per heavy atom. The third-order valence-electron chi connectivity index (χ3n) is 2.42. The molecule has 0 amide bonds. The Labute approximate surface area is 110 Å². The van der Waals surface area contributed by atoms with Crippen LogP contribution in [0.25, 0.3) is 0 Å². The summed E-state index contributed by atoms with van der Waals surface area (Å²) in [5.74, 6) is -0.701. The maximum absolute atomic E-state index is 13.2. The molecule has 0 unspecified atom stereocenters. The van der Waals surface area contributed by atoms with Crippen molar-refractivity contribution >= 4 is 5.97 Å². The topological polar surface area (TPSA) is 35.5 Å². The van der Waals surface area contributed by atoms with E-state index >= 15 is 0 Å². The van der Waals surface area contributed by atoms with Crippen LogP contribution in [-0.4, -0.2) is 19.2 Å². The first-order valence-corrected chi connectivity index (χ1v) is 5.87. The van der Waals surface area contributed by atoms with Gasteiger partial charge in [0.15, 0.2) is 11.6 Å². The summed E-state index contributed by atoms with van der Waals surface area (Å²) in [6.07, 6.45) is 0. The van der Waals surface area contributed by atoms with Crippen molar-refractivity contribution in [2.24, 2.45) is 0 Å². The van der Waals surface area contributed by atoms with Gasteiger partial charge >= 0.3 is 5.97 Å². The van der Waals surface area contributed by atoms with Gasteiger partial charge in [-0.1, -0.05) is 30.3 Å². The summed E-state index contributed by atoms with van der Waals surface area (Å²) in [6, 6.07) is 14.8. The first kappa shape index (κ1) is 13.1. The van der Waals surface area contributed by atoms with Gasteiger partial charge in [-0.25, -0.2) is 9.18 Å². The van der Waals surface area contributed by atoms with Crippen LogP contribution in [0.4, 0.5) is 4.39 Å². The van der Waals surface area contributed by atoms with E-state index in [2.05, 4.69) is 0 Å². The highest BCUT2D eigenvalue weighted by Crippen LogP contribution is 2.14. The van der Waals surface area contributed by atoms with Crippen LogP contribution in [0.1, 0.15) is 10.4 Å². The van der Waals surface area contributed by atoms with Crippen LogP contribution < -0.4 is 4.74 Å². The Morgan fingerprint density at radius 2 is 1.63 bits per heavy atom. The van der Waals surface area contributed by atoms with Crippen LogP contribution in [0, 0.1) is 5.82 Å². The molecule has 2 rings (SSSR count). The zero-order chi connectivity index (χ0) is 13.5. The molecule has 2 aromatic rings. The highest BCUT2D eigenvalue weighted by atomic mass is 19.1. The van der Waals surface area contributed by atoms with Crippen molar-refractivity contribution in [3.63, 3.8) is 0 Å². The van der Waals surface area contributed by atoms with Crippen LogP contribution in [0.3, 0.4) is 0 Å². The van der Waals surface area contributed by atoms with Crippen molar-refractivity contribution in [2.45, 2.75) is 0 Å². The van der Waals surface area contributed by atoms with Crippen LogP contribution in [0.5, 0.6) is 5.75 Å². The molecular weight excluding hydrogens is 247 g/mol. The summed E-state index contributed by atoms with van der Waals surface area (Å²) < 4.78 is 23.4. The number of para-hydroxylation sites is 1. The maximum Gasteiger partial charge on any atom is 0.338 e. The molecule has 0 saturated heterocycles. The number of ether oxygens (including phenoxy) is 2. The largest absolute Gasteiger partial charge is 0.487 e. The molecule has 0 atom stereocenters. The standard InChI is InChI=1S/C15H13FO3/c16-13-8-4-5-9-14(13)18-10-11-19-15(17)12-6-2-1-3-7-12/h1-9H,10-11H2. The molecule has 0 aliphatic carbocycles. The van der Waals surface area contributed by atoms with E-state index in [0.29, 0.717) is 5.56 Å². The molecule has 2 aromatic carbocycles. The van der Waals surface area contributed by atoms with Gasteiger partial charge in [0.1, 0.15) is 13.2 Å². The summed E-state index contributed by atoms with van der Waals surface area (Å²) in [5.41, 5.74) is 0.480. The smallest absolute Gasteiger partial charge is 0.338 e. The fourth-order valence-corrected chi connectivity index (χ4v) is 1.51. The first-order chi connectivity index (χ1) is 9.27. The molecule has 98 valence electrons. The molecule has 4 heteroatoms. The number of carbonyl (C=O) groups excluding carboxylic acids is 1. The highest BCUT2D eigenvalue weighted by Gasteiger charge is 2.06. The lowest BCUT2D eigenvalue weighted by Crippen LogP contribution is -2.12. The molecule has 0 N–H and O–H groups in total. The zero-order valence-electron chi connectivity index (χ0n) is 10.2. The molecule has 0 radical (unpaired) electrons. The van der Waals surface area contributed by atoms with Crippen molar-refractivity contribution in [1.29, 1.82) is 0 Å². The third kappa shape index (κ3) is 3.81. The lowest BCUT2D eigenvalue weighted by molar-refractivity contribution is 0.0448. The molecule has 0 heterocycles. The molecule has 0 aliphatic heterocycles. The van der Waals surface area contributed by atoms with Gasteiger partial charge < -0.3 is 9.47 Å². The van der Waals surface area contributed by atoms with E-state index in [1.807, 2.05) is 6.07 Å². The summed E-state index contributed by atoms with van der Waals surface area (Å²) in [4.78, 5) is 11.6. The molecule has 0 aromatic heterocycles. The Morgan fingerprint density at radius 1 is 0.947 bits per heavy atom. The second-order valence-corrected chi connectivity index (χ2v) is 3.78. The minimum Gasteiger partial charge on any atom is -0.487 e. The summed E-state index contributed by atoms with van der Waals surface area (Å²) >= 11 is 0. The quantitative estimate of drug-likeness (QED) is 0.612. The maximum atomic E-state index is 13.2. The van der Waals surface area contributed by atoms with Crippen molar-refractivity contribution < 1.29 is 18.7 Å². The van der Waals surface area contributed by atoms with Gasteiger partial charge in [-0.3, -0.25) is 0 Å². The van der Waals surface area contributed by atoms with Gasteiger partial charge in [0.2, 0.25) is 0 Å². The van der Waals surface area contributed by atoms with Gasteiger partial charge in [0, 0.05) is 0 Å². The van der Waals surface area contributed by atoms with E-state index in [0.717, 1.165) is 0 Å². The highest BCUT2D eigenvalue weighted by molar-refractivity contribution is 5.89. The minimum atomic E-state index is -0.433. The van der Waals surface area contributed by atoms with Crippen molar-refractivity contribution in [3.8, 4) is 5.75 Å². The Hall–Kier alpha value is -2.36. The van der Waals surface area contributed by atoms with Gasteiger partial charge in [-0.15, -0.1) is 0 Å². The molecule has 3 nitrogen and oxygen atoms in total. The van der Waals surface area contributed by atoms with Gasteiger partial charge in [0.25, 0.3) is 0 Å². The first-order valence-electron chi connectivity index (χ1n) is 5.87. The van der Waals surface area contributed by atoms with Crippen LogP contribution in [-0.2, 0) is 4.74 Å². The average molecular weight is 260 g/mol. The Bertz CT molecular complexity index is 540. The normalized spacial score (nSPS) is 9.95. The number of benzene rings is 2. The minimum absolute atomic E-state index is 0.0715. The van der Waals surface area contributed by atoms with E-state index in [9.17, 15) is 9.18 Å². The number of hydrogen-bond donors (Lipinski definition) is 0. The lowest BCUT2D eigenvalue weighted by Gasteiger charge is -2.07. The summed E-state index contributed by atoms with van der Waals surface area (Å²) in [7, 11) is 0. The Kier molecular flexibility index (Phi) is 4.50. The molecule has 0 aliphatic rings. The number of rotatable bonds is 5. The molecule has 19 heavy (non-hydrogen) atoms. The lowest BCUT2D eigenvalue weighted by atomic mass is 10.2. The molecular formula is C15H13FO3. The van der Waals surface area contributed by atoms with Crippen molar-refractivity contribution in [1.82, 2.24) is 0 Å². The third-order valence-corrected chi connectivity index (χ3v) is 2.42. The predicted octanol–water partition coefficient (Wildman–Crippen LogP) is 3.06. The van der Waals surface area contributed by atoms with Gasteiger partial charge in [-0.2, -0.15) is 0 Å². The molecule has 0 spiro atoms. The molecule has 0 saturated carbocycles. The molecule has 0 fully saturated rings. The predicted molar refractivity (Wildman–Crippen MR) is 68.6 cm³/mol. The van der Waals surface area contributed by atoms with E-state index in [1.54, 1.807) is 36.4 Å². The van der Waals surface area contributed by atoms with Crippen LogP contribution >= 0.6 is 0 Å². The van der Waals surface area contributed by atoms with Gasteiger partial charge in [-0.05, 0) is 24.3 Å². The second kappa shape index (κ2) is 6.54. The fourth-order valence-electron chi connectivity index (χ4n) is 1.51. The number of hydrogen-bond acceptors (Lipinski definition) is 3. The number of carbonyl (C=O) groups is 1. The number of esters is 1. The van der Waals surface area contributed by atoms with Crippen LogP contribution in [0.2, 0.25) is 0 Å². The van der Waals surface area contributed by atoms with Crippen molar-refractivity contribution in [3.05, 3.63) is 66.0 Å². The van der Waals surface area contributed by atoms with Crippen molar-refractivity contribution in [2.75, 3.05) is 13.2 Å². The SMILES string of the molecule is O=C(OCCOc1ccccc1F)c1ccccc1.